The van der Waals surface area contributed by atoms with Crippen molar-refractivity contribution in [3.05, 3.63) is 65.4 Å². The summed E-state index contributed by atoms with van der Waals surface area (Å²) < 4.78 is 17.2. The van der Waals surface area contributed by atoms with Crippen LogP contribution in [-0.2, 0) is 11.3 Å². The fraction of sp³-hybridized carbons (Fsp3) is 0.348. The van der Waals surface area contributed by atoms with Gasteiger partial charge >= 0.3 is 0 Å². The molecule has 1 aliphatic heterocycles. The number of piperidine rings is 1. The highest BCUT2D eigenvalue weighted by Crippen LogP contribution is 2.31. The van der Waals surface area contributed by atoms with Crippen molar-refractivity contribution < 1.29 is 18.7 Å². The van der Waals surface area contributed by atoms with Crippen molar-refractivity contribution in [3.63, 3.8) is 0 Å². The molecule has 0 spiro atoms. The van der Waals surface area contributed by atoms with Crippen LogP contribution in [0.1, 0.15) is 34.5 Å². The molecule has 146 valence electrons. The zero-order chi connectivity index (χ0) is 19.5. The number of methoxy groups -OCH3 is 1. The third-order valence-corrected chi connectivity index (χ3v) is 5.30. The van der Waals surface area contributed by atoms with Crippen LogP contribution >= 0.6 is 0 Å². The molecule has 1 unspecified atom stereocenters. The number of hydrogen-bond acceptors (Lipinski definition) is 4. The van der Waals surface area contributed by atoms with Gasteiger partial charge in [-0.15, -0.1) is 0 Å². The van der Waals surface area contributed by atoms with Crippen molar-refractivity contribution in [1.82, 2.24) is 4.90 Å². The predicted octanol–water partition coefficient (Wildman–Crippen LogP) is 4.57. The Hall–Kier alpha value is -2.79. The molecular formula is C23H25NO4. The summed E-state index contributed by atoms with van der Waals surface area (Å²) in [5.41, 5.74) is 2.42. The predicted molar refractivity (Wildman–Crippen MR) is 108 cm³/mol. The van der Waals surface area contributed by atoms with Crippen LogP contribution in [0, 0.1) is 6.92 Å². The molecule has 4 rings (SSSR count). The van der Waals surface area contributed by atoms with Crippen LogP contribution in [0.3, 0.4) is 0 Å². The van der Waals surface area contributed by atoms with E-state index in [9.17, 15) is 4.79 Å². The van der Waals surface area contributed by atoms with Gasteiger partial charge in [0, 0.05) is 25.6 Å². The highest BCUT2D eigenvalue weighted by atomic mass is 16.5. The van der Waals surface area contributed by atoms with Crippen molar-refractivity contribution in [2.24, 2.45) is 0 Å². The number of amides is 1. The Bertz CT molecular complexity index is 963. The van der Waals surface area contributed by atoms with Gasteiger partial charge in [0.2, 0.25) is 0 Å². The average molecular weight is 379 g/mol. The molecule has 0 bridgehead atoms. The largest absolute Gasteiger partial charge is 0.489 e. The van der Waals surface area contributed by atoms with Gasteiger partial charge in [-0.3, -0.25) is 4.79 Å². The second kappa shape index (κ2) is 8.07. The Morgan fingerprint density at radius 3 is 2.82 bits per heavy atom. The Labute approximate surface area is 164 Å². The number of fused-ring (bicyclic) bond motifs is 1. The molecule has 1 atom stereocenters. The minimum absolute atomic E-state index is 0.00166. The van der Waals surface area contributed by atoms with Gasteiger partial charge in [-0.25, -0.2) is 0 Å². The van der Waals surface area contributed by atoms with Gasteiger partial charge in [0.05, 0.1) is 11.7 Å². The van der Waals surface area contributed by atoms with Crippen molar-refractivity contribution in [2.75, 3.05) is 20.2 Å². The fourth-order valence-corrected chi connectivity index (χ4v) is 3.77. The number of aryl methyl sites for hydroxylation is 1. The van der Waals surface area contributed by atoms with E-state index in [1.807, 2.05) is 60.4 Å². The Balaban J connectivity index is 1.59. The van der Waals surface area contributed by atoms with Crippen LogP contribution in [0.25, 0.3) is 11.0 Å². The van der Waals surface area contributed by atoms with Crippen molar-refractivity contribution in [2.45, 2.75) is 32.5 Å². The summed E-state index contributed by atoms with van der Waals surface area (Å²) in [4.78, 5) is 15.1. The normalized spacial score (nSPS) is 17.1. The zero-order valence-electron chi connectivity index (χ0n) is 16.3. The van der Waals surface area contributed by atoms with Gasteiger partial charge in [-0.2, -0.15) is 0 Å². The first-order valence-corrected chi connectivity index (χ1v) is 9.67. The van der Waals surface area contributed by atoms with Crippen LogP contribution in [0.2, 0.25) is 0 Å². The van der Waals surface area contributed by atoms with Gasteiger partial charge < -0.3 is 18.8 Å². The lowest BCUT2D eigenvalue weighted by molar-refractivity contribution is 0.0269. The first-order chi connectivity index (χ1) is 13.7. The Kier molecular flexibility index (Phi) is 5.35. The highest BCUT2D eigenvalue weighted by molar-refractivity contribution is 6.07. The van der Waals surface area contributed by atoms with E-state index < -0.39 is 0 Å². The van der Waals surface area contributed by atoms with E-state index in [0.717, 1.165) is 36.1 Å². The summed E-state index contributed by atoms with van der Waals surface area (Å²) >= 11 is 0. The van der Waals surface area contributed by atoms with Crippen LogP contribution in [0.15, 0.2) is 52.9 Å². The van der Waals surface area contributed by atoms with E-state index >= 15 is 0 Å². The Morgan fingerprint density at radius 1 is 1.21 bits per heavy atom. The molecule has 5 nitrogen and oxygen atoms in total. The quantitative estimate of drug-likeness (QED) is 0.652. The number of ether oxygens (including phenoxy) is 2. The van der Waals surface area contributed by atoms with E-state index in [-0.39, 0.29) is 12.0 Å². The van der Waals surface area contributed by atoms with Crippen molar-refractivity contribution in [1.29, 1.82) is 0 Å². The molecular weight excluding hydrogens is 354 g/mol. The number of nitrogens with zero attached hydrogens (tertiary/aromatic N) is 1. The van der Waals surface area contributed by atoms with Gasteiger partial charge in [0.15, 0.2) is 0 Å². The van der Waals surface area contributed by atoms with Gasteiger partial charge in [-0.05, 0) is 43.5 Å². The fourth-order valence-electron chi connectivity index (χ4n) is 3.77. The molecule has 1 aliphatic rings. The maximum atomic E-state index is 13.2. The molecule has 2 aromatic carbocycles. The van der Waals surface area contributed by atoms with Crippen molar-refractivity contribution in [3.8, 4) is 5.75 Å². The van der Waals surface area contributed by atoms with Gasteiger partial charge in [-0.1, -0.05) is 30.3 Å². The molecule has 1 saturated heterocycles. The van der Waals surface area contributed by atoms with Crippen LogP contribution in [0.4, 0.5) is 0 Å². The molecule has 1 aromatic heterocycles. The molecule has 1 amide bonds. The maximum Gasteiger partial charge on any atom is 0.258 e. The number of carbonyl (C=O) groups excluding carboxylic acids is 1. The summed E-state index contributed by atoms with van der Waals surface area (Å²) in [5, 5.41) is 0.799. The number of likely N-dealkylation sites (tertiary alicyclic amines) is 1. The molecule has 0 aliphatic carbocycles. The molecule has 0 radical (unpaired) electrons. The highest BCUT2D eigenvalue weighted by Gasteiger charge is 2.28. The summed E-state index contributed by atoms with van der Waals surface area (Å²) in [5.74, 6) is 1.36. The first kappa shape index (κ1) is 18.6. The van der Waals surface area contributed by atoms with E-state index in [1.165, 1.54) is 0 Å². The molecule has 5 heteroatoms. The number of carbonyl (C=O) groups is 1. The Morgan fingerprint density at radius 2 is 2.04 bits per heavy atom. The SMILES string of the molecule is COC1CCCN(C(=O)c2c(C)oc3ccc(OCc4ccccc4)cc23)C1. The number of hydrogen-bond donors (Lipinski definition) is 0. The second-order valence-corrected chi connectivity index (χ2v) is 7.22. The minimum atomic E-state index is -0.00166. The number of furan rings is 1. The van der Waals surface area contributed by atoms with Gasteiger partial charge in [0.1, 0.15) is 23.7 Å². The number of rotatable bonds is 5. The minimum Gasteiger partial charge on any atom is -0.489 e. The standard InChI is InChI=1S/C23H25NO4/c1-16-22(23(25)24-12-6-9-19(14-24)26-2)20-13-18(10-11-21(20)28-16)27-15-17-7-4-3-5-8-17/h3-5,7-8,10-11,13,19H,6,9,12,14-15H2,1-2H3. The zero-order valence-corrected chi connectivity index (χ0v) is 16.3. The molecule has 28 heavy (non-hydrogen) atoms. The monoisotopic (exact) mass is 379 g/mol. The summed E-state index contributed by atoms with van der Waals surface area (Å²) in [7, 11) is 1.70. The number of benzene rings is 2. The molecule has 1 fully saturated rings. The first-order valence-electron chi connectivity index (χ1n) is 9.67. The molecule has 0 saturated carbocycles. The summed E-state index contributed by atoms with van der Waals surface area (Å²) in [6.45, 7) is 3.68. The molecule has 3 aromatic rings. The molecule has 2 heterocycles. The average Bonchev–Trinajstić information content (AvgIpc) is 3.07. The van der Waals surface area contributed by atoms with Crippen LogP contribution < -0.4 is 4.74 Å². The lowest BCUT2D eigenvalue weighted by Crippen LogP contribution is -2.43. The van der Waals surface area contributed by atoms with Crippen LogP contribution in [-0.4, -0.2) is 37.1 Å². The maximum absolute atomic E-state index is 13.2. The second-order valence-electron chi connectivity index (χ2n) is 7.22. The van der Waals surface area contributed by atoms with Crippen molar-refractivity contribution >= 4 is 16.9 Å². The molecule has 0 N–H and O–H groups in total. The topological polar surface area (TPSA) is 51.9 Å². The van der Waals surface area contributed by atoms with E-state index in [0.29, 0.717) is 30.1 Å². The van der Waals surface area contributed by atoms with Crippen LogP contribution in [0.5, 0.6) is 5.75 Å². The smallest absolute Gasteiger partial charge is 0.258 e. The van der Waals surface area contributed by atoms with Gasteiger partial charge in [0.25, 0.3) is 5.91 Å². The third-order valence-electron chi connectivity index (χ3n) is 5.30. The van der Waals surface area contributed by atoms with E-state index in [2.05, 4.69) is 0 Å². The third kappa shape index (κ3) is 3.76. The summed E-state index contributed by atoms with van der Waals surface area (Å²) in [6.07, 6.45) is 2.04. The lowest BCUT2D eigenvalue weighted by atomic mass is 10.0. The summed E-state index contributed by atoms with van der Waals surface area (Å²) in [6, 6.07) is 15.7. The lowest BCUT2D eigenvalue weighted by Gasteiger charge is -2.31. The van der Waals surface area contributed by atoms with E-state index in [1.54, 1.807) is 7.11 Å². The van der Waals surface area contributed by atoms with E-state index in [4.69, 9.17) is 13.9 Å².